The van der Waals surface area contributed by atoms with Gasteiger partial charge in [-0.1, -0.05) is 18.2 Å². The Balaban J connectivity index is 1.68. The van der Waals surface area contributed by atoms with Crippen LogP contribution in [-0.2, 0) is 9.53 Å². The van der Waals surface area contributed by atoms with Crippen molar-refractivity contribution in [3.05, 3.63) is 71.6 Å². The van der Waals surface area contributed by atoms with Crippen LogP contribution in [0.2, 0.25) is 0 Å². The maximum atomic E-state index is 13.6. The smallest absolute Gasteiger partial charge is 0.361 e. The first-order valence-corrected chi connectivity index (χ1v) is 8.31. The van der Waals surface area contributed by atoms with Gasteiger partial charge < -0.3 is 10.1 Å². The summed E-state index contributed by atoms with van der Waals surface area (Å²) in [4.78, 5) is 25.8. The highest BCUT2D eigenvalue weighted by molar-refractivity contribution is 5.97. The van der Waals surface area contributed by atoms with Crippen LogP contribution in [0.15, 0.2) is 48.5 Å². The molecule has 2 aromatic carbocycles. The van der Waals surface area contributed by atoms with Crippen molar-refractivity contribution in [1.82, 2.24) is 15.0 Å². The number of esters is 1. The number of para-hydroxylation sites is 1. The zero-order chi connectivity index (χ0) is 20.3. The van der Waals surface area contributed by atoms with Gasteiger partial charge in [0.1, 0.15) is 11.6 Å². The number of nitrogens with zero attached hydrogens (tertiary/aromatic N) is 3. The molecule has 0 fully saturated rings. The Kier molecular flexibility index (Phi) is 5.44. The van der Waals surface area contributed by atoms with Crippen molar-refractivity contribution in [3.63, 3.8) is 0 Å². The molecule has 1 atom stereocenters. The first-order valence-electron chi connectivity index (χ1n) is 8.31. The Labute approximate surface area is 158 Å². The molecule has 0 unspecified atom stereocenters. The Hall–Kier alpha value is -3.62. The first-order chi connectivity index (χ1) is 13.3. The van der Waals surface area contributed by atoms with E-state index in [1.165, 1.54) is 11.7 Å². The number of halogens is 2. The quantitative estimate of drug-likeness (QED) is 0.681. The fourth-order valence-electron chi connectivity index (χ4n) is 2.34. The Morgan fingerprint density at radius 2 is 1.82 bits per heavy atom. The summed E-state index contributed by atoms with van der Waals surface area (Å²) in [5, 5.41) is 10.5. The van der Waals surface area contributed by atoms with Crippen LogP contribution < -0.4 is 5.32 Å². The zero-order valence-electron chi connectivity index (χ0n) is 15.0. The van der Waals surface area contributed by atoms with E-state index in [1.54, 1.807) is 31.2 Å². The molecule has 0 aliphatic rings. The predicted octanol–water partition coefficient (Wildman–Crippen LogP) is 3.04. The highest BCUT2D eigenvalue weighted by Crippen LogP contribution is 2.16. The average Bonchev–Trinajstić information content (AvgIpc) is 3.06. The van der Waals surface area contributed by atoms with E-state index in [9.17, 15) is 18.4 Å². The van der Waals surface area contributed by atoms with Gasteiger partial charge in [-0.3, -0.25) is 4.79 Å². The van der Waals surface area contributed by atoms with Crippen molar-refractivity contribution in [3.8, 4) is 5.69 Å². The zero-order valence-corrected chi connectivity index (χ0v) is 15.0. The second-order valence-corrected chi connectivity index (χ2v) is 5.92. The van der Waals surface area contributed by atoms with Crippen LogP contribution in [0.3, 0.4) is 0 Å². The van der Waals surface area contributed by atoms with Gasteiger partial charge in [-0.15, -0.1) is 5.10 Å². The van der Waals surface area contributed by atoms with E-state index >= 15 is 0 Å². The van der Waals surface area contributed by atoms with Crippen LogP contribution >= 0.6 is 0 Å². The minimum absolute atomic E-state index is 0.0449. The molecule has 28 heavy (non-hydrogen) atoms. The summed E-state index contributed by atoms with van der Waals surface area (Å²) in [6, 6.07) is 11.7. The minimum atomic E-state index is -1.24. The third-order valence-electron chi connectivity index (χ3n) is 3.80. The maximum absolute atomic E-state index is 13.6. The van der Waals surface area contributed by atoms with Gasteiger partial charge in [0.25, 0.3) is 5.91 Å². The predicted molar refractivity (Wildman–Crippen MR) is 96.0 cm³/mol. The van der Waals surface area contributed by atoms with Crippen LogP contribution in [-0.4, -0.2) is 33.0 Å². The minimum Gasteiger partial charge on any atom is -0.448 e. The summed E-state index contributed by atoms with van der Waals surface area (Å²) in [6.07, 6.45) is -1.24. The van der Waals surface area contributed by atoms with Crippen molar-refractivity contribution in [2.45, 2.75) is 20.0 Å². The van der Waals surface area contributed by atoms with E-state index in [1.807, 2.05) is 6.07 Å². The molecule has 1 amide bonds. The number of ether oxygens (including phenoxy) is 1. The Morgan fingerprint density at radius 3 is 2.50 bits per heavy atom. The van der Waals surface area contributed by atoms with Gasteiger partial charge in [-0.2, -0.15) is 9.90 Å². The number of amides is 1. The number of benzene rings is 2. The second-order valence-electron chi connectivity index (χ2n) is 5.92. The maximum Gasteiger partial charge on any atom is 0.361 e. The second kappa shape index (κ2) is 7.95. The molecule has 9 heteroatoms. The first kappa shape index (κ1) is 19.2. The van der Waals surface area contributed by atoms with Gasteiger partial charge >= 0.3 is 5.97 Å². The van der Waals surface area contributed by atoms with E-state index in [2.05, 4.69) is 15.5 Å². The Bertz CT molecular complexity index is 1020. The monoisotopic (exact) mass is 386 g/mol. The summed E-state index contributed by atoms with van der Waals surface area (Å²) in [6.45, 7) is 2.91. The molecular formula is C19H16F2N4O3. The van der Waals surface area contributed by atoms with Crippen LogP contribution in [0.1, 0.15) is 23.1 Å². The standard InChI is InChI=1S/C19H16F2N4O3/c1-11-17(24-25(23-11)14-6-4-3-5-7-14)19(27)28-12(2)18(26)22-16-9-8-13(20)10-15(16)21/h3-10,12H,1-2H3,(H,22,26)/t12-/m0/s1. The third-order valence-corrected chi connectivity index (χ3v) is 3.80. The van der Waals surface area contributed by atoms with E-state index in [0.717, 1.165) is 12.1 Å². The van der Waals surface area contributed by atoms with E-state index in [0.29, 0.717) is 17.4 Å². The van der Waals surface area contributed by atoms with Gasteiger partial charge in [0, 0.05) is 6.07 Å². The molecule has 1 heterocycles. The van der Waals surface area contributed by atoms with Crippen molar-refractivity contribution in [2.75, 3.05) is 5.32 Å². The van der Waals surface area contributed by atoms with E-state index in [-0.39, 0.29) is 11.4 Å². The molecule has 7 nitrogen and oxygen atoms in total. The van der Waals surface area contributed by atoms with Crippen molar-refractivity contribution in [1.29, 1.82) is 0 Å². The van der Waals surface area contributed by atoms with Crippen molar-refractivity contribution >= 4 is 17.6 Å². The van der Waals surface area contributed by atoms with Gasteiger partial charge in [0.15, 0.2) is 11.8 Å². The van der Waals surface area contributed by atoms with Crippen LogP contribution in [0.25, 0.3) is 5.69 Å². The van der Waals surface area contributed by atoms with Gasteiger partial charge in [0.2, 0.25) is 0 Å². The van der Waals surface area contributed by atoms with Gasteiger partial charge in [0.05, 0.1) is 17.1 Å². The normalized spacial score (nSPS) is 11.7. The molecule has 0 aliphatic carbocycles. The average molecular weight is 386 g/mol. The molecule has 0 spiro atoms. The number of carbonyl (C=O) groups is 2. The number of nitrogens with one attached hydrogen (secondary N) is 1. The van der Waals surface area contributed by atoms with Crippen LogP contribution in [0.5, 0.6) is 0 Å². The number of rotatable bonds is 5. The highest BCUT2D eigenvalue weighted by atomic mass is 19.1. The number of hydrogen-bond donors (Lipinski definition) is 1. The molecular weight excluding hydrogens is 370 g/mol. The molecule has 3 aromatic rings. The van der Waals surface area contributed by atoms with Gasteiger partial charge in [-0.25, -0.2) is 13.6 Å². The van der Waals surface area contributed by atoms with Gasteiger partial charge in [-0.05, 0) is 38.1 Å². The molecule has 0 bridgehead atoms. The topological polar surface area (TPSA) is 86.1 Å². The molecule has 0 saturated heterocycles. The fourth-order valence-corrected chi connectivity index (χ4v) is 2.34. The summed E-state index contributed by atoms with van der Waals surface area (Å²) >= 11 is 0. The molecule has 3 rings (SSSR count). The van der Waals surface area contributed by atoms with Crippen molar-refractivity contribution < 1.29 is 23.1 Å². The number of hydrogen-bond acceptors (Lipinski definition) is 5. The largest absolute Gasteiger partial charge is 0.448 e. The number of aromatic nitrogens is 3. The summed E-state index contributed by atoms with van der Waals surface area (Å²) in [7, 11) is 0. The van der Waals surface area contributed by atoms with Crippen LogP contribution in [0.4, 0.5) is 14.5 Å². The lowest BCUT2D eigenvalue weighted by Crippen LogP contribution is -2.30. The van der Waals surface area contributed by atoms with Crippen LogP contribution in [0, 0.1) is 18.6 Å². The lowest BCUT2D eigenvalue weighted by molar-refractivity contribution is -0.123. The number of aryl methyl sites for hydroxylation is 1. The summed E-state index contributed by atoms with van der Waals surface area (Å²) in [5.41, 5.74) is 0.713. The lowest BCUT2D eigenvalue weighted by Gasteiger charge is -2.13. The lowest BCUT2D eigenvalue weighted by atomic mass is 10.2. The molecule has 1 aromatic heterocycles. The summed E-state index contributed by atoms with van der Waals surface area (Å²) in [5.74, 6) is -3.32. The highest BCUT2D eigenvalue weighted by Gasteiger charge is 2.24. The number of carbonyl (C=O) groups excluding carboxylic acids is 2. The fraction of sp³-hybridized carbons (Fsp3) is 0.158. The molecule has 0 aliphatic heterocycles. The van der Waals surface area contributed by atoms with E-state index in [4.69, 9.17) is 4.74 Å². The molecule has 0 radical (unpaired) electrons. The number of anilines is 1. The Morgan fingerprint density at radius 1 is 1.11 bits per heavy atom. The van der Waals surface area contributed by atoms with E-state index < -0.39 is 29.6 Å². The summed E-state index contributed by atoms with van der Waals surface area (Å²) < 4.78 is 31.7. The molecule has 0 saturated carbocycles. The molecule has 1 N–H and O–H groups in total. The third kappa shape index (κ3) is 4.20. The molecule has 144 valence electrons. The van der Waals surface area contributed by atoms with Crippen molar-refractivity contribution in [2.24, 2.45) is 0 Å². The SMILES string of the molecule is Cc1nn(-c2ccccc2)nc1C(=O)O[C@@H](C)C(=O)Nc1ccc(F)cc1F.